The van der Waals surface area contributed by atoms with Crippen LogP contribution in [0.15, 0.2) is 6.07 Å². The lowest BCUT2D eigenvalue weighted by molar-refractivity contribution is -0.141. The first kappa shape index (κ1) is 16.1. The van der Waals surface area contributed by atoms with E-state index < -0.39 is 24.0 Å². The number of ketones is 1. The molecule has 0 saturated carbocycles. The second kappa shape index (κ2) is 5.57. The van der Waals surface area contributed by atoms with Crippen LogP contribution in [0.4, 0.5) is 13.2 Å². The minimum atomic E-state index is -4.23. The highest BCUT2D eigenvalue weighted by Crippen LogP contribution is 2.31. The molecule has 1 heterocycles. The van der Waals surface area contributed by atoms with Crippen molar-refractivity contribution in [2.75, 3.05) is 0 Å². The van der Waals surface area contributed by atoms with Gasteiger partial charge in [-0.2, -0.15) is 13.2 Å². The van der Waals surface area contributed by atoms with Crippen molar-refractivity contribution >= 4 is 17.4 Å². The lowest BCUT2D eigenvalue weighted by atomic mass is 10.1. The Hall–Kier alpha value is -0.970. The van der Waals surface area contributed by atoms with Crippen LogP contribution in [0.2, 0.25) is 0 Å². The highest BCUT2D eigenvalue weighted by molar-refractivity contribution is 6.33. The van der Waals surface area contributed by atoms with Gasteiger partial charge in [-0.05, 0) is 33.8 Å². The van der Waals surface area contributed by atoms with Gasteiger partial charge >= 0.3 is 6.18 Å². The van der Waals surface area contributed by atoms with Gasteiger partial charge in [-0.15, -0.1) is 11.6 Å². The van der Waals surface area contributed by atoms with Crippen LogP contribution in [0.25, 0.3) is 0 Å². The Morgan fingerprint density at radius 1 is 1.37 bits per heavy atom. The van der Waals surface area contributed by atoms with E-state index in [9.17, 15) is 18.0 Å². The van der Waals surface area contributed by atoms with E-state index in [1.165, 1.54) is 6.92 Å². The van der Waals surface area contributed by atoms with Gasteiger partial charge in [0.25, 0.3) is 0 Å². The van der Waals surface area contributed by atoms with Crippen LogP contribution < -0.4 is 0 Å². The molecule has 2 nitrogen and oxygen atoms in total. The number of aromatic nitrogens is 1. The predicted molar refractivity (Wildman–Crippen MR) is 68.9 cm³/mol. The molecule has 6 heteroatoms. The number of hydrogen-bond acceptors (Lipinski definition) is 1. The summed E-state index contributed by atoms with van der Waals surface area (Å²) in [5.41, 5.74) is 1.57. The Morgan fingerprint density at radius 2 is 1.89 bits per heavy atom. The van der Waals surface area contributed by atoms with Crippen molar-refractivity contribution in [2.24, 2.45) is 0 Å². The molecule has 108 valence electrons. The average molecular weight is 296 g/mol. The van der Waals surface area contributed by atoms with Crippen molar-refractivity contribution in [3.05, 3.63) is 23.0 Å². The second-order valence-corrected chi connectivity index (χ2v) is 5.46. The summed E-state index contributed by atoms with van der Waals surface area (Å²) in [6, 6.07) is 0.857. The highest BCUT2D eigenvalue weighted by Gasteiger charge is 2.32. The second-order valence-electron chi connectivity index (χ2n) is 4.80. The molecular weight excluding hydrogens is 279 g/mol. The monoisotopic (exact) mass is 295 g/mol. The van der Waals surface area contributed by atoms with E-state index in [-0.39, 0.29) is 5.78 Å². The van der Waals surface area contributed by atoms with Crippen molar-refractivity contribution in [3.8, 4) is 0 Å². The molecule has 19 heavy (non-hydrogen) atoms. The number of halogens is 4. The maximum Gasteiger partial charge on any atom is 0.391 e. The molecule has 2 unspecified atom stereocenters. The minimum absolute atomic E-state index is 0.264. The molecule has 0 saturated heterocycles. The first-order valence-electron chi connectivity index (χ1n) is 5.98. The zero-order chi connectivity index (χ0) is 15.0. The smallest absolute Gasteiger partial charge is 0.345 e. The molecule has 0 amide bonds. The minimum Gasteiger partial charge on any atom is -0.345 e. The SMILES string of the molecule is Cc1cc(C(=O)C(C)Cl)c(C)n1C(C)CC(F)(F)F. The Morgan fingerprint density at radius 3 is 2.32 bits per heavy atom. The molecule has 0 aliphatic carbocycles. The molecule has 0 radical (unpaired) electrons. The van der Waals surface area contributed by atoms with Crippen molar-refractivity contribution < 1.29 is 18.0 Å². The molecule has 0 aliphatic rings. The third kappa shape index (κ3) is 3.75. The van der Waals surface area contributed by atoms with Crippen LogP contribution in [-0.4, -0.2) is 21.9 Å². The van der Waals surface area contributed by atoms with Gasteiger partial charge in [-0.3, -0.25) is 4.79 Å². The fourth-order valence-corrected chi connectivity index (χ4v) is 2.46. The summed E-state index contributed by atoms with van der Waals surface area (Å²) in [6.45, 7) is 6.38. The van der Waals surface area contributed by atoms with Crippen LogP contribution >= 0.6 is 11.6 Å². The van der Waals surface area contributed by atoms with E-state index in [0.717, 1.165) is 0 Å². The fraction of sp³-hybridized carbons (Fsp3) is 0.615. The summed E-state index contributed by atoms with van der Waals surface area (Å²) in [5, 5.41) is -0.688. The van der Waals surface area contributed by atoms with Gasteiger partial charge in [-0.1, -0.05) is 0 Å². The predicted octanol–water partition coefficient (Wildman–Crippen LogP) is 4.43. The Labute approximate surface area is 115 Å². The molecular formula is C13H17ClF3NO. The third-order valence-electron chi connectivity index (χ3n) is 3.08. The molecule has 0 aromatic carbocycles. The van der Waals surface area contributed by atoms with Crippen LogP contribution in [0.1, 0.15) is 48.1 Å². The molecule has 0 bridgehead atoms. The van der Waals surface area contributed by atoms with E-state index >= 15 is 0 Å². The number of hydrogen-bond donors (Lipinski definition) is 0. The first-order chi connectivity index (χ1) is 8.54. The lowest BCUT2D eigenvalue weighted by Gasteiger charge is -2.20. The number of aryl methyl sites for hydroxylation is 1. The zero-order valence-electron chi connectivity index (χ0n) is 11.3. The molecule has 1 aromatic rings. The quantitative estimate of drug-likeness (QED) is 0.595. The highest BCUT2D eigenvalue weighted by atomic mass is 35.5. The summed E-state index contributed by atoms with van der Waals surface area (Å²) in [6.07, 6.45) is -5.15. The fourth-order valence-electron chi connectivity index (χ4n) is 2.35. The van der Waals surface area contributed by atoms with Crippen molar-refractivity contribution in [2.45, 2.75) is 51.7 Å². The van der Waals surface area contributed by atoms with E-state index in [0.29, 0.717) is 17.0 Å². The number of Topliss-reactive ketones (excluding diaryl/α,β-unsaturated/α-hetero) is 1. The number of carbonyl (C=O) groups is 1. The zero-order valence-corrected chi connectivity index (χ0v) is 12.1. The van der Waals surface area contributed by atoms with Gasteiger partial charge in [0, 0.05) is 23.0 Å². The summed E-state index contributed by atoms with van der Waals surface area (Å²) in [4.78, 5) is 11.9. The van der Waals surface area contributed by atoms with Gasteiger partial charge < -0.3 is 4.57 Å². The summed E-state index contributed by atoms with van der Waals surface area (Å²) >= 11 is 5.74. The number of rotatable bonds is 4. The van der Waals surface area contributed by atoms with Crippen LogP contribution in [0.5, 0.6) is 0 Å². The molecule has 1 rings (SSSR count). The van der Waals surface area contributed by atoms with Gasteiger partial charge in [0.15, 0.2) is 5.78 Å². The number of nitrogens with zero attached hydrogens (tertiary/aromatic N) is 1. The Kier molecular flexibility index (Phi) is 4.72. The summed E-state index contributed by atoms with van der Waals surface area (Å²) in [5.74, 6) is -0.264. The van der Waals surface area contributed by atoms with Crippen molar-refractivity contribution in [3.63, 3.8) is 0 Å². The topological polar surface area (TPSA) is 22.0 Å². The largest absolute Gasteiger partial charge is 0.391 e. The van der Waals surface area contributed by atoms with Crippen molar-refractivity contribution in [1.82, 2.24) is 4.57 Å². The van der Waals surface area contributed by atoms with E-state index in [4.69, 9.17) is 11.6 Å². The number of alkyl halides is 4. The summed E-state index contributed by atoms with van der Waals surface area (Å²) in [7, 11) is 0. The molecule has 0 spiro atoms. The van der Waals surface area contributed by atoms with Gasteiger partial charge in [0.2, 0.25) is 0 Å². The molecule has 0 N–H and O–H groups in total. The molecule has 2 atom stereocenters. The van der Waals surface area contributed by atoms with E-state index in [1.54, 1.807) is 31.4 Å². The van der Waals surface area contributed by atoms with Crippen molar-refractivity contribution in [1.29, 1.82) is 0 Å². The van der Waals surface area contributed by atoms with Gasteiger partial charge in [0.1, 0.15) is 0 Å². The molecule has 1 aromatic heterocycles. The molecule has 0 aliphatic heterocycles. The number of carbonyl (C=O) groups excluding carboxylic acids is 1. The van der Waals surface area contributed by atoms with Crippen LogP contribution in [0.3, 0.4) is 0 Å². The first-order valence-corrected chi connectivity index (χ1v) is 6.41. The average Bonchev–Trinajstić information content (AvgIpc) is 2.50. The van der Waals surface area contributed by atoms with E-state index in [1.807, 2.05) is 0 Å². The Bertz CT molecular complexity index is 477. The molecule has 0 fully saturated rings. The lowest BCUT2D eigenvalue weighted by Crippen LogP contribution is -2.19. The van der Waals surface area contributed by atoms with Crippen LogP contribution in [0, 0.1) is 13.8 Å². The van der Waals surface area contributed by atoms with E-state index in [2.05, 4.69) is 0 Å². The maximum absolute atomic E-state index is 12.4. The normalized spacial score (nSPS) is 15.4. The maximum atomic E-state index is 12.4. The standard InChI is InChI=1S/C13H17ClF3NO/c1-7-5-11(12(19)9(3)14)10(4)18(7)8(2)6-13(15,16)17/h5,8-9H,6H2,1-4H3. The van der Waals surface area contributed by atoms with Crippen LogP contribution in [-0.2, 0) is 0 Å². The summed E-state index contributed by atoms with van der Waals surface area (Å²) < 4.78 is 38.9. The van der Waals surface area contributed by atoms with Gasteiger partial charge in [0.05, 0.1) is 11.8 Å². The van der Waals surface area contributed by atoms with Gasteiger partial charge in [-0.25, -0.2) is 0 Å². The third-order valence-corrected chi connectivity index (χ3v) is 3.28. The Balaban J connectivity index is 3.14.